The van der Waals surface area contributed by atoms with E-state index in [1.165, 1.54) is 11.3 Å². The number of halogens is 1. The Hall–Kier alpha value is -2.04. The number of guanidine groups is 1. The molecule has 33 heavy (non-hydrogen) atoms. The summed E-state index contributed by atoms with van der Waals surface area (Å²) in [6.07, 6.45) is 0.936. The van der Waals surface area contributed by atoms with Gasteiger partial charge in [0.1, 0.15) is 5.75 Å². The van der Waals surface area contributed by atoms with Crippen LogP contribution in [-0.4, -0.2) is 59.1 Å². The van der Waals surface area contributed by atoms with Gasteiger partial charge in [-0.15, -0.1) is 24.0 Å². The first-order chi connectivity index (χ1) is 15.8. The average Bonchev–Trinajstić information content (AvgIpc) is 2.86. The van der Waals surface area contributed by atoms with Crippen LogP contribution in [-0.2, 0) is 22.6 Å². The summed E-state index contributed by atoms with van der Waals surface area (Å²) in [7, 11) is 1.68. The van der Waals surface area contributed by atoms with Gasteiger partial charge in [0.2, 0.25) is 0 Å². The lowest BCUT2D eigenvalue weighted by molar-refractivity contribution is 0.122. The fourth-order valence-electron chi connectivity index (χ4n) is 3.43. The number of nitrogens with one attached hydrogen (secondary N) is 2. The van der Waals surface area contributed by atoms with Crippen LogP contribution >= 0.6 is 24.0 Å². The highest BCUT2D eigenvalue weighted by molar-refractivity contribution is 14.0. The molecule has 0 aliphatic carbocycles. The molecule has 0 unspecified atom stereocenters. The van der Waals surface area contributed by atoms with Gasteiger partial charge in [-0.1, -0.05) is 24.3 Å². The summed E-state index contributed by atoms with van der Waals surface area (Å²) in [6.45, 7) is 9.13. The second-order valence-corrected chi connectivity index (χ2v) is 7.61. The number of ether oxygens (including phenoxy) is 3. The highest BCUT2D eigenvalue weighted by Crippen LogP contribution is 2.16. The third-order valence-electron chi connectivity index (χ3n) is 5.31. The Morgan fingerprint density at radius 2 is 1.70 bits per heavy atom. The van der Waals surface area contributed by atoms with Crippen LogP contribution in [0.5, 0.6) is 5.75 Å². The Bertz CT molecular complexity index is 809. The highest BCUT2D eigenvalue weighted by Gasteiger charge is 2.10. The minimum Gasteiger partial charge on any atom is -0.497 e. The van der Waals surface area contributed by atoms with E-state index >= 15 is 0 Å². The fraction of sp³-hybridized carbons (Fsp3) is 0.480. The van der Waals surface area contributed by atoms with Crippen molar-refractivity contribution in [3.63, 3.8) is 0 Å². The van der Waals surface area contributed by atoms with Crippen LogP contribution in [0.4, 0.5) is 5.69 Å². The predicted molar refractivity (Wildman–Crippen MR) is 145 cm³/mol. The van der Waals surface area contributed by atoms with Crippen LogP contribution in [0.1, 0.15) is 24.5 Å². The third kappa shape index (κ3) is 9.77. The molecule has 182 valence electrons. The molecule has 0 bridgehead atoms. The van der Waals surface area contributed by atoms with Crippen LogP contribution in [0.2, 0.25) is 0 Å². The smallest absolute Gasteiger partial charge is 0.191 e. The second-order valence-electron chi connectivity index (χ2n) is 7.61. The molecular weight excluding hydrogens is 531 g/mol. The SMILES string of the molecule is CCOCCCNC(=NCc1ccc(OC)cc1)NCc1ccc(N2CCOCC2)cc1.I. The van der Waals surface area contributed by atoms with Crippen molar-refractivity contribution in [2.75, 3.05) is 58.1 Å². The van der Waals surface area contributed by atoms with E-state index in [4.69, 9.17) is 19.2 Å². The second kappa shape index (κ2) is 15.7. The Balaban J connectivity index is 0.00000385. The molecule has 1 fully saturated rings. The molecule has 2 aromatic rings. The number of hydrogen-bond donors (Lipinski definition) is 2. The summed E-state index contributed by atoms with van der Waals surface area (Å²) < 4.78 is 16.1. The standard InChI is InChI=1S/C25H36N4O3.HI/c1-3-31-16-4-13-26-25(28-20-22-7-11-24(30-2)12-8-22)27-19-21-5-9-23(10-6-21)29-14-17-32-18-15-29;/h5-12H,3-4,13-20H2,1-2H3,(H2,26,27,28);1H. The number of nitrogens with zero attached hydrogens (tertiary/aromatic N) is 2. The first kappa shape index (κ1) is 27.2. The molecule has 0 spiro atoms. The summed E-state index contributed by atoms with van der Waals surface area (Å²) in [5, 5.41) is 6.88. The van der Waals surface area contributed by atoms with E-state index in [0.717, 1.165) is 69.8 Å². The molecule has 1 aliphatic heterocycles. The van der Waals surface area contributed by atoms with E-state index in [-0.39, 0.29) is 24.0 Å². The zero-order chi connectivity index (χ0) is 22.4. The van der Waals surface area contributed by atoms with Crippen molar-refractivity contribution < 1.29 is 14.2 Å². The number of anilines is 1. The Morgan fingerprint density at radius 1 is 1.00 bits per heavy atom. The number of benzene rings is 2. The molecule has 1 saturated heterocycles. The van der Waals surface area contributed by atoms with E-state index in [9.17, 15) is 0 Å². The van der Waals surface area contributed by atoms with Gasteiger partial charge >= 0.3 is 0 Å². The van der Waals surface area contributed by atoms with E-state index in [0.29, 0.717) is 13.1 Å². The molecule has 8 heteroatoms. The fourth-order valence-corrected chi connectivity index (χ4v) is 3.43. The van der Waals surface area contributed by atoms with Gasteiger partial charge in [0.25, 0.3) is 0 Å². The summed E-state index contributed by atoms with van der Waals surface area (Å²) >= 11 is 0. The first-order valence-corrected chi connectivity index (χ1v) is 11.4. The molecular formula is C25H37IN4O3. The quantitative estimate of drug-likeness (QED) is 0.186. The maximum atomic E-state index is 5.44. The van der Waals surface area contributed by atoms with Crippen molar-refractivity contribution in [3.05, 3.63) is 59.7 Å². The van der Waals surface area contributed by atoms with Gasteiger partial charge in [-0.25, -0.2) is 4.99 Å². The monoisotopic (exact) mass is 568 g/mol. The maximum Gasteiger partial charge on any atom is 0.191 e. The van der Waals surface area contributed by atoms with Crippen LogP contribution in [0.15, 0.2) is 53.5 Å². The summed E-state index contributed by atoms with van der Waals surface area (Å²) in [5.74, 6) is 1.65. The van der Waals surface area contributed by atoms with Gasteiger partial charge in [-0.05, 0) is 48.7 Å². The summed E-state index contributed by atoms with van der Waals surface area (Å²) in [6, 6.07) is 16.7. The lowest BCUT2D eigenvalue weighted by Crippen LogP contribution is -2.38. The van der Waals surface area contributed by atoms with Crippen LogP contribution in [0.25, 0.3) is 0 Å². The molecule has 2 N–H and O–H groups in total. The van der Waals surface area contributed by atoms with Crippen LogP contribution < -0.4 is 20.3 Å². The van der Waals surface area contributed by atoms with Crippen molar-refractivity contribution in [3.8, 4) is 5.75 Å². The lowest BCUT2D eigenvalue weighted by atomic mass is 10.2. The van der Waals surface area contributed by atoms with Crippen molar-refractivity contribution in [1.82, 2.24) is 10.6 Å². The number of rotatable bonds is 11. The predicted octanol–water partition coefficient (Wildman–Crippen LogP) is 3.81. The number of aliphatic imine (C=N–C) groups is 1. The molecule has 0 atom stereocenters. The van der Waals surface area contributed by atoms with Crippen molar-refractivity contribution >= 4 is 35.6 Å². The minimum atomic E-state index is 0. The van der Waals surface area contributed by atoms with Crippen molar-refractivity contribution in [1.29, 1.82) is 0 Å². The van der Waals surface area contributed by atoms with Crippen molar-refractivity contribution in [2.45, 2.75) is 26.4 Å². The van der Waals surface area contributed by atoms with Crippen LogP contribution in [0.3, 0.4) is 0 Å². The van der Waals surface area contributed by atoms with Crippen LogP contribution in [0, 0.1) is 0 Å². The zero-order valence-electron chi connectivity index (χ0n) is 19.7. The van der Waals surface area contributed by atoms with Gasteiger partial charge < -0.3 is 29.7 Å². The van der Waals surface area contributed by atoms with Gasteiger partial charge in [0, 0.05) is 45.1 Å². The number of hydrogen-bond acceptors (Lipinski definition) is 5. The molecule has 0 radical (unpaired) electrons. The Labute approximate surface area is 214 Å². The molecule has 1 heterocycles. The highest BCUT2D eigenvalue weighted by atomic mass is 127. The number of methoxy groups -OCH3 is 1. The average molecular weight is 569 g/mol. The molecule has 2 aromatic carbocycles. The lowest BCUT2D eigenvalue weighted by Gasteiger charge is -2.29. The topological polar surface area (TPSA) is 67.3 Å². The zero-order valence-corrected chi connectivity index (χ0v) is 22.0. The van der Waals surface area contributed by atoms with E-state index in [1.807, 2.05) is 31.2 Å². The molecule has 0 amide bonds. The molecule has 7 nitrogen and oxygen atoms in total. The molecule has 1 aliphatic rings. The normalized spacial score (nSPS) is 13.9. The van der Waals surface area contributed by atoms with Gasteiger partial charge in [0.15, 0.2) is 5.96 Å². The minimum absolute atomic E-state index is 0. The molecule has 0 aromatic heterocycles. The van der Waals surface area contributed by atoms with E-state index < -0.39 is 0 Å². The summed E-state index contributed by atoms with van der Waals surface area (Å²) in [4.78, 5) is 7.13. The largest absolute Gasteiger partial charge is 0.497 e. The van der Waals surface area contributed by atoms with Gasteiger partial charge in [-0.2, -0.15) is 0 Å². The molecule has 3 rings (SSSR count). The third-order valence-corrected chi connectivity index (χ3v) is 5.31. The Kier molecular flexibility index (Phi) is 13.0. The summed E-state index contributed by atoms with van der Waals surface area (Å²) in [5.41, 5.74) is 3.60. The van der Waals surface area contributed by atoms with E-state index in [1.54, 1.807) is 7.11 Å². The van der Waals surface area contributed by atoms with Gasteiger partial charge in [-0.3, -0.25) is 0 Å². The van der Waals surface area contributed by atoms with E-state index in [2.05, 4.69) is 39.8 Å². The maximum absolute atomic E-state index is 5.44. The molecule has 0 saturated carbocycles. The van der Waals surface area contributed by atoms with Gasteiger partial charge in [0.05, 0.1) is 26.9 Å². The first-order valence-electron chi connectivity index (χ1n) is 11.4. The van der Waals surface area contributed by atoms with Crippen molar-refractivity contribution in [2.24, 2.45) is 4.99 Å². The Morgan fingerprint density at radius 3 is 2.36 bits per heavy atom. The number of morpholine rings is 1.